The number of halogens is 3. The highest BCUT2D eigenvalue weighted by molar-refractivity contribution is 7.12. The second-order valence-electron chi connectivity index (χ2n) is 1.77. The number of thiophene rings is 1. The number of nitriles is 1. The molecule has 58 valence electrons. The smallest absolute Gasteiger partial charge is 0.192 e. The predicted molar refractivity (Wildman–Crippen MR) is 34.0 cm³/mol. The lowest BCUT2D eigenvalue weighted by atomic mass is 10.4. The Morgan fingerprint density at radius 1 is 1.36 bits per heavy atom. The Balaban J connectivity index is 3.01. The van der Waals surface area contributed by atoms with E-state index in [0.717, 1.165) is 12.1 Å². The van der Waals surface area contributed by atoms with Gasteiger partial charge in [-0.15, -0.1) is 11.3 Å². The molecule has 0 saturated heterocycles. The first-order valence-corrected chi connectivity index (χ1v) is 3.43. The third-order valence-electron chi connectivity index (χ3n) is 0.996. The monoisotopic (exact) mass is 177 g/mol. The fourth-order valence-corrected chi connectivity index (χ4v) is 1.22. The molecule has 1 aromatic heterocycles. The van der Waals surface area contributed by atoms with Crippen LogP contribution in [0.1, 0.15) is 9.75 Å². The molecule has 0 aliphatic rings. The van der Waals surface area contributed by atoms with Crippen LogP contribution in [-0.2, 0) is 6.18 Å². The summed E-state index contributed by atoms with van der Waals surface area (Å²) < 4.78 is 35.5. The van der Waals surface area contributed by atoms with Crippen LogP contribution in [0.25, 0.3) is 0 Å². The normalized spacial score (nSPS) is 11.1. The lowest BCUT2D eigenvalue weighted by Gasteiger charge is -1.99. The van der Waals surface area contributed by atoms with Crippen LogP contribution in [0, 0.1) is 11.3 Å². The first-order valence-electron chi connectivity index (χ1n) is 2.61. The summed E-state index contributed by atoms with van der Waals surface area (Å²) in [6, 6.07) is 3.70. The van der Waals surface area contributed by atoms with Crippen LogP contribution in [0.15, 0.2) is 12.1 Å². The Bertz CT molecular complexity index is 294. The van der Waals surface area contributed by atoms with E-state index in [4.69, 9.17) is 5.26 Å². The van der Waals surface area contributed by atoms with E-state index < -0.39 is 11.1 Å². The van der Waals surface area contributed by atoms with Gasteiger partial charge in [-0.05, 0) is 12.1 Å². The van der Waals surface area contributed by atoms with Gasteiger partial charge in [0.1, 0.15) is 15.8 Å². The van der Waals surface area contributed by atoms with Crippen molar-refractivity contribution in [3.63, 3.8) is 0 Å². The highest BCUT2D eigenvalue weighted by Gasteiger charge is 2.32. The molecule has 0 unspecified atom stereocenters. The Hall–Kier alpha value is -1.02. The van der Waals surface area contributed by atoms with Gasteiger partial charge in [0.15, 0.2) is 0 Å². The molecular weight excluding hydrogens is 175 g/mol. The summed E-state index contributed by atoms with van der Waals surface area (Å²) in [5.74, 6) is 0. The van der Waals surface area contributed by atoms with Crippen molar-refractivity contribution in [3.05, 3.63) is 21.9 Å². The molecule has 0 radical (unpaired) electrons. The molecule has 0 aliphatic carbocycles. The second kappa shape index (κ2) is 2.55. The van der Waals surface area contributed by atoms with E-state index in [1.165, 1.54) is 0 Å². The van der Waals surface area contributed by atoms with Crippen LogP contribution in [0.5, 0.6) is 0 Å². The molecule has 0 spiro atoms. The van der Waals surface area contributed by atoms with Gasteiger partial charge < -0.3 is 0 Å². The Morgan fingerprint density at radius 2 is 2.00 bits per heavy atom. The van der Waals surface area contributed by atoms with Crippen molar-refractivity contribution in [2.24, 2.45) is 0 Å². The molecule has 0 N–H and O–H groups in total. The lowest BCUT2D eigenvalue weighted by molar-refractivity contribution is -0.134. The number of hydrogen-bond donors (Lipinski definition) is 0. The SMILES string of the molecule is N#Cc1ccc(C(F)(F)F)s1. The molecule has 0 saturated carbocycles. The molecule has 1 heterocycles. The van der Waals surface area contributed by atoms with E-state index >= 15 is 0 Å². The molecule has 1 aromatic rings. The van der Waals surface area contributed by atoms with E-state index in [9.17, 15) is 13.2 Å². The summed E-state index contributed by atoms with van der Waals surface area (Å²) in [4.78, 5) is -0.647. The van der Waals surface area contributed by atoms with Gasteiger partial charge in [0.25, 0.3) is 0 Å². The molecule has 5 heteroatoms. The molecule has 0 fully saturated rings. The predicted octanol–water partition coefficient (Wildman–Crippen LogP) is 2.64. The fraction of sp³-hybridized carbons (Fsp3) is 0.167. The van der Waals surface area contributed by atoms with Crippen LogP contribution in [0.3, 0.4) is 0 Å². The summed E-state index contributed by atoms with van der Waals surface area (Å²) in [7, 11) is 0. The minimum Gasteiger partial charge on any atom is -0.192 e. The van der Waals surface area contributed by atoms with Crippen molar-refractivity contribution < 1.29 is 13.2 Å². The zero-order valence-electron chi connectivity index (χ0n) is 5.14. The molecule has 0 aromatic carbocycles. The van der Waals surface area contributed by atoms with Crippen molar-refractivity contribution >= 4 is 11.3 Å². The minimum absolute atomic E-state index is 0.0809. The lowest BCUT2D eigenvalue weighted by Crippen LogP contribution is -2.00. The molecule has 0 bridgehead atoms. The zero-order chi connectivity index (χ0) is 8.48. The van der Waals surface area contributed by atoms with E-state index in [0.29, 0.717) is 11.3 Å². The maximum atomic E-state index is 11.8. The third-order valence-corrected chi connectivity index (χ3v) is 2.03. The second-order valence-corrected chi connectivity index (χ2v) is 2.86. The first-order chi connectivity index (χ1) is 5.04. The number of alkyl halides is 3. The Morgan fingerprint density at radius 3 is 2.27 bits per heavy atom. The van der Waals surface area contributed by atoms with E-state index in [1.807, 2.05) is 0 Å². The van der Waals surface area contributed by atoms with Crippen molar-refractivity contribution in [1.29, 1.82) is 5.26 Å². The van der Waals surface area contributed by atoms with Crippen LogP contribution in [-0.4, -0.2) is 0 Å². The quantitative estimate of drug-likeness (QED) is 0.597. The van der Waals surface area contributed by atoms with E-state index in [-0.39, 0.29) is 4.88 Å². The summed E-state index contributed by atoms with van der Waals surface area (Å²) in [5.41, 5.74) is 0. The van der Waals surface area contributed by atoms with Crippen molar-refractivity contribution in [2.75, 3.05) is 0 Å². The van der Waals surface area contributed by atoms with Gasteiger partial charge in [-0.3, -0.25) is 0 Å². The highest BCUT2D eigenvalue weighted by atomic mass is 32.1. The summed E-state index contributed by atoms with van der Waals surface area (Å²) in [5, 5.41) is 8.21. The Labute approximate surface area is 64.7 Å². The largest absolute Gasteiger partial charge is 0.425 e. The van der Waals surface area contributed by atoms with Gasteiger partial charge in [0.05, 0.1) is 0 Å². The average molecular weight is 177 g/mol. The van der Waals surface area contributed by atoms with Gasteiger partial charge in [-0.25, -0.2) is 0 Å². The number of rotatable bonds is 0. The molecule has 11 heavy (non-hydrogen) atoms. The molecular formula is C6H2F3NS. The van der Waals surface area contributed by atoms with Crippen LogP contribution < -0.4 is 0 Å². The topological polar surface area (TPSA) is 23.8 Å². The summed E-state index contributed by atoms with van der Waals surface area (Å²) >= 11 is 0.454. The Kier molecular flexibility index (Phi) is 1.87. The highest BCUT2D eigenvalue weighted by Crippen LogP contribution is 2.34. The first kappa shape index (κ1) is 8.08. The van der Waals surface area contributed by atoms with Crippen LogP contribution in [0.2, 0.25) is 0 Å². The van der Waals surface area contributed by atoms with E-state index in [2.05, 4.69) is 0 Å². The molecule has 1 rings (SSSR count). The number of hydrogen-bond acceptors (Lipinski definition) is 2. The van der Waals surface area contributed by atoms with Gasteiger partial charge >= 0.3 is 6.18 Å². The van der Waals surface area contributed by atoms with Gasteiger partial charge in [-0.2, -0.15) is 18.4 Å². The van der Waals surface area contributed by atoms with Gasteiger partial charge in [0, 0.05) is 0 Å². The third kappa shape index (κ3) is 1.71. The molecule has 1 nitrogen and oxygen atoms in total. The van der Waals surface area contributed by atoms with Crippen LogP contribution >= 0.6 is 11.3 Å². The van der Waals surface area contributed by atoms with Crippen LogP contribution in [0.4, 0.5) is 13.2 Å². The zero-order valence-corrected chi connectivity index (χ0v) is 5.96. The summed E-state index contributed by atoms with van der Waals surface area (Å²) in [6.45, 7) is 0. The van der Waals surface area contributed by atoms with Gasteiger partial charge in [0.2, 0.25) is 0 Å². The summed E-state index contributed by atoms with van der Waals surface area (Å²) in [6.07, 6.45) is -4.32. The molecule has 0 amide bonds. The average Bonchev–Trinajstić information content (AvgIpc) is 2.32. The van der Waals surface area contributed by atoms with E-state index in [1.54, 1.807) is 6.07 Å². The number of nitrogens with zero attached hydrogens (tertiary/aromatic N) is 1. The fourth-order valence-electron chi connectivity index (χ4n) is 0.550. The van der Waals surface area contributed by atoms with Crippen molar-refractivity contribution in [2.45, 2.75) is 6.18 Å². The molecule has 0 aliphatic heterocycles. The van der Waals surface area contributed by atoms with Crippen molar-refractivity contribution in [3.8, 4) is 6.07 Å². The van der Waals surface area contributed by atoms with Gasteiger partial charge in [-0.1, -0.05) is 0 Å². The maximum Gasteiger partial charge on any atom is 0.425 e. The molecule has 0 atom stereocenters. The maximum absolute atomic E-state index is 11.8. The van der Waals surface area contributed by atoms with Crippen molar-refractivity contribution in [1.82, 2.24) is 0 Å². The minimum atomic E-state index is -4.32. The standard InChI is InChI=1S/C6H2F3NS/c7-6(8,9)5-2-1-4(3-10)11-5/h1-2H.